The van der Waals surface area contributed by atoms with Crippen LogP contribution >= 0.6 is 11.8 Å². The zero-order valence-corrected chi connectivity index (χ0v) is 22.9. The first kappa shape index (κ1) is 26.5. The molecule has 0 spiro atoms. The number of aromatic nitrogens is 1. The molecule has 2 aromatic carbocycles. The van der Waals surface area contributed by atoms with Gasteiger partial charge >= 0.3 is 5.97 Å². The van der Waals surface area contributed by atoms with E-state index in [1.165, 1.54) is 11.8 Å². The van der Waals surface area contributed by atoms with E-state index in [4.69, 9.17) is 4.74 Å². The zero-order valence-electron chi connectivity index (χ0n) is 22.1. The molecule has 2 atom stereocenters. The number of ketones is 1. The number of carbonyl (C=O) groups excluding carboxylic acids is 2. The summed E-state index contributed by atoms with van der Waals surface area (Å²) < 4.78 is 6.16. The number of Topliss-reactive ketones (excluding diaryl/α,β-unsaturated/α-hetero) is 1. The highest BCUT2D eigenvalue weighted by Crippen LogP contribution is 2.43. The number of aromatic amines is 1. The second kappa shape index (κ2) is 10.1. The van der Waals surface area contributed by atoms with Crippen molar-refractivity contribution in [3.63, 3.8) is 0 Å². The van der Waals surface area contributed by atoms with Gasteiger partial charge in [0.25, 0.3) is 0 Å². The third kappa shape index (κ3) is 5.25. The molecule has 0 amide bonds. The third-order valence-corrected chi connectivity index (χ3v) is 8.73. The van der Waals surface area contributed by atoms with Gasteiger partial charge in [-0.05, 0) is 83.0 Å². The Morgan fingerprint density at radius 1 is 1.17 bits per heavy atom. The van der Waals surface area contributed by atoms with Crippen LogP contribution in [-0.2, 0) is 32.8 Å². The summed E-state index contributed by atoms with van der Waals surface area (Å²) in [6, 6.07) is 12.3. The molecule has 36 heavy (non-hydrogen) atoms. The standard InChI is InChI=1S/C30H37NO4S/c1-18(2)30(11-9-20-7-8-24-21(14-20)10-12-31-24)16-25(33)27(28(34)35-30)36-26-13-19(3)22(17-32)15-23(26)29(4,5)6/h7-8,10,12-15,18,27,31-32H,9,11,16-17H2,1-6H3. The summed E-state index contributed by atoms with van der Waals surface area (Å²) in [7, 11) is 0. The molecule has 1 aromatic heterocycles. The van der Waals surface area contributed by atoms with Crippen molar-refractivity contribution in [3.8, 4) is 0 Å². The summed E-state index contributed by atoms with van der Waals surface area (Å²) in [4.78, 5) is 30.9. The largest absolute Gasteiger partial charge is 0.457 e. The first-order chi connectivity index (χ1) is 16.9. The molecule has 1 saturated heterocycles. The van der Waals surface area contributed by atoms with E-state index in [-0.39, 0.29) is 30.1 Å². The van der Waals surface area contributed by atoms with Gasteiger partial charge in [0.15, 0.2) is 11.0 Å². The zero-order chi connectivity index (χ0) is 26.3. The molecule has 0 radical (unpaired) electrons. The Bertz CT molecular complexity index is 1270. The number of esters is 1. The lowest BCUT2D eigenvalue weighted by Gasteiger charge is -2.41. The predicted octanol–water partition coefficient (Wildman–Crippen LogP) is 6.27. The number of hydrogen-bond donors (Lipinski definition) is 2. The molecular weight excluding hydrogens is 470 g/mol. The maximum absolute atomic E-state index is 13.5. The lowest BCUT2D eigenvalue weighted by molar-refractivity contribution is -0.176. The topological polar surface area (TPSA) is 79.4 Å². The van der Waals surface area contributed by atoms with Gasteiger partial charge in [0, 0.05) is 23.0 Å². The van der Waals surface area contributed by atoms with E-state index in [1.807, 2.05) is 45.2 Å². The van der Waals surface area contributed by atoms with Gasteiger partial charge in [0.2, 0.25) is 0 Å². The normalized spacial score (nSPS) is 20.8. The second-order valence-corrected chi connectivity index (χ2v) is 12.5. The van der Waals surface area contributed by atoms with Gasteiger partial charge in [0.1, 0.15) is 5.60 Å². The van der Waals surface area contributed by atoms with Crippen molar-refractivity contribution in [1.82, 2.24) is 4.98 Å². The Labute approximate surface area is 218 Å². The van der Waals surface area contributed by atoms with Crippen LogP contribution in [0, 0.1) is 12.8 Å². The quantitative estimate of drug-likeness (QED) is 0.291. The average molecular weight is 508 g/mol. The highest BCUT2D eigenvalue weighted by Gasteiger charge is 2.49. The van der Waals surface area contributed by atoms with Crippen LogP contribution in [0.15, 0.2) is 47.5 Å². The molecular formula is C30H37NO4S. The molecule has 2 unspecified atom stereocenters. The maximum Gasteiger partial charge on any atom is 0.327 e. The number of hydrogen-bond acceptors (Lipinski definition) is 5. The van der Waals surface area contributed by atoms with Crippen molar-refractivity contribution < 1.29 is 19.4 Å². The van der Waals surface area contributed by atoms with Crippen LogP contribution in [0.4, 0.5) is 0 Å². The molecule has 1 aliphatic heterocycles. The van der Waals surface area contributed by atoms with Gasteiger partial charge in [-0.25, -0.2) is 0 Å². The minimum atomic E-state index is -0.881. The van der Waals surface area contributed by atoms with E-state index in [0.29, 0.717) is 6.42 Å². The fourth-order valence-corrected chi connectivity index (χ4v) is 6.34. The molecule has 6 heteroatoms. The van der Waals surface area contributed by atoms with Crippen LogP contribution in [-0.4, -0.2) is 32.7 Å². The molecule has 0 saturated carbocycles. The number of fused-ring (bicyclic) bond motifs is 1. The molecule has 2 N–H and O–H groups in total. The van der Waals surface area contributed by atoms with Crippen molar-refractivity contribution in [2.24, 2.45) is 5.92 Å². The molecule has 0 aliphatic carbocycles. The fourth-order valence-electron chi connectivity index (χ4n) is 4.99. The maximum atomic E-state index is 13.5. The monoisotopic (exact) mass is 507 g/mol. The van der Waals surface area contributed by atoms with Gasteiger partial charge in [-0.1, -0.05) is 46.8 Å². The van der Waals surface area contributed by atoms with Gasteiger partial charge in [-0.2, -0.15) is 0 Å². The molecule has 3 aromatic rings. The summed E-state index contributed by atoms with van der Waals surface area (Å²) in [6.45, 7) is 12.2. The number of aliphatic hydroxyl groups excluding tert-OH is 1. The van der Waals surface area contributed by atoms with Crippen molar-refractivity contribution >= 4 is 34.4 Å². The SMILES string of the molecule is Cc1cc(SC2C(=O)CC(CCc3ccc4[nH]ccc4c3)(C(C)C)OC2=O)c(C(C)(C)C)cc1CO. The number of cyclic esters (lactones) is 1. The number of rotatable bonds is 7. The Kier molecular flexibility index (Phi) is 7.40. The lowest BCUT2D eigenvalue weighted by atomic mass is 9.78. The number of ether oxygens (including phenoxy) is 1. The highest BCUT2D eigenvalue weighted by molar-refractivity contribution is 8.01. The lowest BCUT2D eigenvalue weighted by Crippen LogP contribution is -2.52. The number of nitrogens with one attached hydrogen (secondary N) is 1. The smallest absolute Gasteiger partial charge is 0.327 e. The Hall–Kier alpha value is -2.57. The molecule has 0 bridgehead atoms. The summed E-state index contributed by atoms with van der Waals surface area (Å²) >= 11 is 1.29. The van der Waals surface area contributed by atoms with Gasteiger partial charge in [0.05, 0.1) is 6.61 Å². The number of benzene rings is 2. The predicted molar refractivity (Wildman–Crippen MR) is 145 cm³/mol. The third-order valence-electron chi connectivity index (χ3n) is 7.45. The van der Waals surface area contributed by atoms with Crippen LogP contribution in [0.1, 0.15) is 69.7 Å². The van der Waals surface area contributed by atoms with Crippen molar-refractivity contribution in [2.75, 3.05) is 0 Å². The number of thioether (sulfide) groups is 1. The van der Waals surface area contributed by atoms with Crippen molar-refractivity contribution in [3.05, 3.63) is 64.8 Å². The summed E-state index contributed by atoms with van der Waals surface area (Å²) in [5, 5.41) is 10.0. The molecule has 5 nitrogen and oxygen atoms in total. The van der Waals surface area contributed by atoms with Crippen LogP contribution in [0.5, 0.6) is 0 Å². The fraction of sp³-hybridized carbons (Fsp3) is 0.467. The molecule has 2 heterocycles. The van der Waals surface area contributed by atoms with Gasteiger partial charge in [-0.3, -0.25) is 9.59 Å². The van der Waals surface area contributed by atoms with Gasteiger partial charge < -0.3 is 14.8 Å². The summed E-state index contributed by atoms with van der Waals surface area (Å²) in [5.74, 6) is -0.506. The second-order valence-electron chi connectivity index (χ2n) is 11.4. The molecule has 1 fully saturated rings. The van der Waals surface area contributed by atoms with E-state index in [9.17, 15) is 14.7 Å². The summed E-state index contributed by atoms with van der Waals surface area (Å²) in [5.41, 5.74) is 4.07. The van der Waals surface area contributed by atoms with Crippen LogP contribution < -0.4 is 0 Å². The van der Waals surface area contributed by atoms with E-state index < -0.39 is 16.8 Å². The Balaban J connectivity index is 1.55. The minimum Gasteiger partial charge on any atom is -0.457 e. The Morgan fingerprint density at radius 3 is 2.56 bits per heavy atom. The first-order valence-corrected chi connectivity index (χ1v) is 13.5. The van der Waals surface area contributed by atoms with Crippen molar-refractivity contribution in [1.29, 1.82) is 0 Å². The average Bonchev–Trinajstić information content (AvgIpc) is 3.27. The van der Waals surface area contributed by atoms with Crippen molar-refractivity contribution in [2.45, 2.75) is 88.6 Å². The first-order valence-electron chi connectivity index (χ1n) is 12.7. The van der Waals surface area contributed by atoms with Crippen LogP contribution in [0.2, 0.25) is 0 Å². The number of carbonyl (C=O) groups is 2. The van der Waals surface area contributed by atoms with Crippen LogP contribution in [0.3, 0.4) is 0 Å². The highest BCUT2D eigenvalue weighted by atomic mass is 32.2. The van der Waals surface area contributed by atoms with E-state index in [0.717, 1.165) is 44.5 Å². The molecule has 192 valence electrons. The van der Waals surface area contributed by atoms with E-state index >= 15 is 0 Å². The molecule has 4 rings (SSSR count). The minimum absolute atomic E-state index is 0.0172. The Morgan fingerprint density at radius 2 is 1.92 bits per heavy atom. The van der Waals surface area contributed by atoms with Crippen LogP contribution in [0.25, 0.3) is 10.9 Å². The van der Waals surface area contributed by atoms with E-state index in [2.05, 4.69) is 44.0 Å². The number of H-pyrrole nitrogens is 1. The molecule has 1 aliphatic rings. The van der Waals surface area contributed by atoms with E-state index in [1.54, 1.807) is 0 Å². The number of aliphatic hydroxyl groups is 1. The number of aryl methyl sites for hydroxylation is 2. The van der Waals surface area contributed by atoms with Gasteiger partial charge in [-0.15, -0.1) is 11.8 Å². The summed E-state index contributed by atoms with van der Waals surface area (Å²) in [6.07, 6.45) is 3.48.